The minimum atomic E-state index is 0.496. The molecule has 6 nitrogen and oxygen atoms in total. The van der Waals surface area contributed by atoms with Crippen LogP contribution in [0.25, 0.3) is 5.65 Å². The van der Waals surface area contributed by atoms with Crippen LogP contribution in [0, 0.1) is 0 Å². The second-order valence-corrected chi connectivity index (χ2v) is 5.52. The minimum Gasteiger partial charge on any atom is -0.306 e. The highest BCUT2D eigenvalue weighted by Gasteiger charge is 2.23. The second-order valence-electron chi connectivity index (χ2n) is 5.52. The molecule has 0 spiro atoms. The van der Waals surface area contributed by atoms with E-state index < -0.39 is 0 Å². The number of fused-ring (bicyclic) bond motifs is 1. The van der Waals surface area contributed by atoms with Gasteiger partial charge < -0.3 is 4.40 Å². The van der Waals surface area contributed by atoms with Crippen LogP contribution in [0.4, 0.5) is 0 Å². The Hall–Kier alpha value is -2.50. The first-order valence-corrected chi connectivity index (χ1v) is 7.11. The third-order valence-corrected chi connectivity index (χ3v) is 3.76. The number of imidazole rings is 1. The van der Waals surface area contributed by atoms with E-state index in [1.165, 1.54) is 18.4 Å². The normalized spacial score (nSPS) is 14.7. The zero-order valence-corrected chi connectivity index (χ0v) is 11.7. The molecule has 3 aromatic rings. The Bertz CT molecular complexity index is 795. The van der Waals surface area contributed by atoms with Crippen LogP contribution < -0.4 is 0 Å². The Labute approximate surface area is 122 Å². The molecule has 0 aliphatic heterocycles. The van der Waals surface area contributed by atoms with Crippen LogP contribution in [-0.4, -0.2) is 31.1 Å². The van der Waals surface area contributed by atoms with Crippen LogP contribution in [0.1, 0.15) is 35.7 Å². The summed E-state index contributed by atoms with van der Waals surface area (Å²) in [5.74, 6) is 0.754. The van der Waals surface area contributed by atoms with Crippen LogP contribution in [0.15, 0.2) is 35.7 Å². The molecule has 1 aliphatic rings. The van der Waals surface area contributed by atoms with Gasteiger partial charge in [-0.1, -0.05) is 11.3 Å². The Kier molecular flexibility index (Phi) is 2.80. The van der Waals surface area contributed by atoms with Crippen molar-refractivity contribution in [1.82, 2.24) is 24.4 Å². The Morgan fingerprint density at radius 2 is 2.10 bits per heavy atom. The zero-order chi connectivity index (χ0) is 14.2. The summed E-state index contributed by atoms with van der Waals surface area (Å²) in [5.41, 5.74) is 4.18. The van der Waals surface area contributed by atoms with E-state index in [-0.39, 0.29) is 0 Å². The summed E-state index contributed by atoms with van der Waals surface area (Å²) in [6.07, 6.45) is 8.76. The highest BCUT2D eigenvalue weighted by atomic mass is 15.4. The summed E-state index contributed by atoms with van der Waals surface area (Å²) in [6, 6.07) is 4.28. The summed E-state index contributed by atoms with van der Waals surface area (Å²) in [4.78, 5) is 8.43. The van der Waals surface area contributed by atoms with Gasteiger partial charge in [-0.25, -0.2) is 9.67 Å². The molecule has 3 aromatic heterocycles. The lowest BCUT2D eigenvalue weighted by atomic mass is 10.2. The number of hydrogen-bond acceptors (Lipinski definition) is 4. The topological polar surface area (TPSA) is 60.4 Å². The molecule has 0 amide bonds. The SMILES string of the molecule is C=NCc1cn(Cc2cn3cc(C4CC4)ccc3n2)nn1. The lowest BCUT2D eigenvalue weighted by Gasteiger charge is -1.98. The molecule has 0 bridgehead atoms. The van der Waals surface area contributed by atoms with Crippen molar-refractivity contribution in [1.29, 1.82) is 0 Å². The van der Waals surface area contributed by atoms with E-state index in [2.05, 4.69) is 55.9 Å². The number of hydrogen-bond donors (Lipinski definition) is 0. The van der Waals surface area contributed by atoms with Crippen molar-refractivity contribution < 1.29 is 0 Å². The fraction of sp³-hybridized carbons (Fsp3) is 0.333. The first-order valence-electron chi connectivity index (χ1n) is 7.11. The molecule has 0 radical (unpaired) electrons. The van der Waals surface area contributed by atoms with Gasteiger partial charge in [0.05, 0.1) is 25.0 Å². The predicted octanol–water partition coefficient (Wildman–Crippen LogP) is 2.05. The van der Waals surface area contributed by atoms with Crippen molar-refractivity contribution in [3.8, 4) is 0 Å². The highest BCUT2D eigenvalue weighted by Crippen LogP contribution is 2.39. The summed E-state index contributed by atoms with van der Waals surface area (Å²) < 4.78 is 3.89. The molecule has 1 fully saturated rings. The van der Waals surface area contributed by atoms with Gasteiger partial charge in [0.15, 0.2) is 0 Å². The average Bonchev–Trinajstić information content (AvgIpc) is 3.12. The first kappa shape index (κ1) is 12.3. The lowest BCUT2D eigenvalue weighted by molar-refractivity contribution is 0.640. The van der Waals surface area contributed by atoms with Crippen molar-refractivity contribution in [3.63, 3.8) is 0 Å². The highest BCUT2D eigenvalue weighted by molar-refractivity contribution is 5.42. The molecule has 0 aromatic carbocycles. The smallest absolute Gasteiger partial charge is 0.137 e. The van der Waals surface area contributed by atoms with Gasteiger partial charge in [0.2, 0.25) is 0 Å². The third-order valence-electron chi connectivity index (χ3n) is 3.76. The van der Waals surface area contributed by atoms with Crippen LogP contribution in [0.3, 0.4) is 0 Å². The third kappa shape index (κ3) is 2.44. The van der Waals surface area contributed by atoms with Crippen LogP contribution >= 0.6 is 0 Å². The van der Waals surface area contributed by atoms with Crippen molar-refractivity contribution in [2.45, 2.75) is 31.8 Å². The fourth-order valence-corrected chi connectivity index (χ4v) is 2.56. The first-order chi connectivity index (χ1) is 10.3. The number of pyridine rings is 1. The molecule has 106 valence electrons. The molecule has 21 heavy (non-hydrogen) atoms. The summed E-state index contributed by atoms with van der Waals surface area (Å²) >= 11 is 0. The minimum absolute atomic E-state index is 0.496. The quantitative estimate of drug-likeness (QED) is 0.672. The van der Waals surface area contributed by atoms with Gasteiger partial charge in [0.25, 0.3) is 0 Å². The van der Waals surface area contributed by atoms with Gasteiger partial charge in [0, 0.05) is 12.4 Å². The fourth-order valence-electron chi connectivity index (χ4n) is 2.56. The summed E-state index contributed by atoms with van der Waals surface area (Å²) in [5, 5.41) is 8.13. The standard InChI is InChI=1S/C15H16N6/c1-16-6-13-9-21(19-18-13)10-14-8-20-7-12(11-2-3-11)4-5-15(20)17-14/h4-5,7-9,11H,1-3,6,10H2. The average molecular weight is 280 g/mol. The van der Waals surface area contributed by atoms with E-state index in [9.17, 15) is 0 Å². The van der Waals surface area contributed by atoms with E-state index in [1.807, 2.05) is 6.20 Å². The maximum Gasteiger partial charge on any atom is 0.137 e. The summed E-state index contributed by atoms with van der Waals surface area (Å²) in [6.45, 7) is 4.57. The largest absolute Gasteiger partial charge is 0.306 e. The van der Waals surface area contributed by atoms with Crippen LogP contribution in [0.2, 0.25) is 0 Å². The van der Waals surface area contributed by atoms with E-state index in [4.69, 9.17) is 0 Å². The Balaban J connectivity index is 1.58. The van der Waals surface area contributed by atoms with Crippen molar-refractivity contribution in [3.05, 3.63) is 47.7 Å². The molecule has 3 heterocycles. The molecular weight excluding hydrogens is 264 g/mol. The van der Waals surface area contributed by atoms with Gasteiger partial charge in [-0.05, 0) is 37.1 Å². The number of aromatic nitrogens is 5. The summed E-state index contributed by atoms with van der Waals surface area (Å²) in [7, 11) is 0. The van der Waals surface area contributed by atoms with Crippen molar-refractivity contribution >= 4 is 12.4 Å². The van der Waals surface area contributed by atoms with E-state index >= 15 is 0 Å². The van der Waals surface area contributed by atoms with E-state index in [0.717, 1.165) is 23.0 Å². The molecule has 1 saturated carbocycles. The molecule has 0 atom stereocenters. The van der Waals surface area contributed by atoms with Gasteiger partial charge in [-0.3, -0.25) is 4.99 Å². The van der Waals surface area contributed by atoms with Crippen molar-refractivity contribution in [2.75, 3.05) is 0 Å². The maximum absolute atomic E-state index is 4.62. The molecule has 4 rings (SSSR count). The van der Waals surface area contributed by atoms with Gasteiger partial charge in [-0.2, -0.15) is 0 Å². The van der Waals surface area contributed by atoms with Crippen LogP contribution in [0.5, 0.6) is 0 Å². The van der Waals surface area contributed by atoms with E-state index in [0.29, 0.717) is 13.1 Å². The molecule has 0 saturated heterocycles. The molecular formula is C15H16N6. The monoisotopic (exact) mass is 280 g/mol. The van der Waals surface area contributed by atoms with Gasteiger partial charge in [0.1, 0.15) is 11.3 Å². The van der Waals surface area contributed by atoms with Gasteiger partial charge >= 0.3 is 0 Å². The molecule has 0 unspecified atom stereocenters. The number of rotatable bonds is 5. The van der Waals surface area contributed by atoms with Crippen LogP contribution in [-0.2, 0) is 13.1 Å². The molecule has 1 aliphatic carbocycles. The van der Waals surface area contributed by atoms with Gasteiger partial charge in [-0.15, -0.1) is 5.10 Å². The molecule has 0 N–H and O–H groups in total. The van der Waals surface area contributed by atoms with E-state index in [1.54, 1.807) is 4.68 Å². The Morgan fingerprint density at radius 1 is 1.19 bits per heavy atom. The maximum atomic E-state index is 4.62. The lowest BCUT2D eigenvalue weighted by Crippen LogP contribution is -2.00. The second kappa shape index (κ2) is 4.80. The molecule has 6 heteroatoms. The Morgan fingerprint density at radius 3 is 2.90 bits per heavy atom. The van der Waals surface area contributed by atoms with Crippen molar-refractivity contribution in [2.24, 2.45) is 4.99 Å². The zero-order valence-electron chi connectivity index (χ0n) is 11.7. The predicted molar refractivity (Wildman–Crippen MR) is 79.5 cm³/mol. The number of aliphatic imine (C=N–C) groups is 1. The number of nitrogens with zero attached hydrogens (tertiary/aromatic N) is 6.